The van der Waals surface area contributed by atoms with Gasteiger partial charge >= 0.3 is 0 Å². The summed E-state index contributed by atoms with van der Waals surface area (Å²) < 4.78 is 26.9. The summed E-state index contributed by atoms with van der Waals surface area (Å²) >= 11 is 0. The Bertz CT molecular complexity index is 558. The second kappa shape index (κ2) is 5.55. The van der Waals surface area contributed by atoms with Crippen molar-refractivity contribution in [3.8, 4) is 0 Å². The number of hydrogen-bond donors (Lipinski definition) is 1. The number of aliphatic hydroxyl groups excluding tert-OH is 1. The molecule has 0 bridgehead atoms. The van der Waals surface area contributed by atoms with E-state index in [0.717, 1.165) is 5.56 Å². The molecule has 1 atom stereocenters. The molecule has 0 radical (unpaired) electrons. The number of carbonyl (C=O) groups excluding carboxylic acids is 1. The van der Waals surface area contributed by atoms with E-state index < -0.39 is 12.0 Å². The fourth-order valence-corrected chi connectivity index (χ4v) is 3.11. The summed E-state index contributed by atoms with van der Waals surface area (Å²) in [7, 11) is 0. The number of halogens is 2. The van der Waals surface area contributed by atoms with Crippen LogP contribution in [0.4, 0.5) is 8.78 Å². The first-order chi connectivity index (χ1) is 10.4. The minimum absolute atomic E-state index is 0.111. The lowest BCUT2D eigenvalue weighted by Crippen LogP contribution is -2.62. The van der Waals surface area contributed by atoms with Crippen LogP contribution in [0.5, 0.6) is 0 Å². The molecule has 5 nitrogen and oxygen atoms in total. The third kappa shape index (κ3) is 2.83. The molecule has 0 aliphatic carbocycles. The van der Waals surface area contributed by atoms with Crippen LogP contribution in [0, 0.1) is 6.92 Å². The van der Waals surface area contributed by atoms with E-state index in [-0.39, 0.29) is 31.5 Å². The van der Waals surface area contributed by atoms with Gasteiger partial charge in [-0.3, -0.25) is 14.7 Å². The fraction of sp³-hybridized carbons (Fsp3) is 0.600. The van der Waals surface area contributed by atoms with Gasteiger partial charge < -0.3 is 10.0 Å². The van der Waals surface area contributed by atoms with E-state index in [1.807, 2.05) is 13.0 Å². The van der Waals surface area contributed by atoms with Crippen molar-refractivity contribution < 1.29 is 18.7 Å². The first-order valence-electron chi connectivity index (χ1n) is 7.36. The molecule has 1 N–H and O–H groups in total. The summed E-state index contributed by atoms with van der Waals surface area (Å²) in [4.78, 5) is 19.6. The third-order valence-electron chi connectivity index (χ3n) is 4.38. The molecule has 22 heavy (non-hydrogen) atoms. The molecule has 7 heteroatoms. The average molecular weight is 311 g/mol. The number of pyridine rings is 1. The lowest BCUT2D eigenvalue weighted by molar-refractivity contribution is -0.0126. The number of aryl methyl sites for hydroxylation is 1. The Balaban J connectivity index is 1.60. The zero-order valence-corrected chi connectivity index (χ0v) is 12.4. The van der Waals surface area contributed by atoms with Gasteiger partial charge in [0.05, 0.1) is 13.2 Å². The predicted molar refractivity (Wildman–Crippen MR) is 75.8 cm³/mol. The number of hydrogen-bond acceptors (Lipinski definition) is 4. The van der Waals surface area contributed by atoms with Crippen LogP contribution in [-0.2, 0) is 0 Å². The van der Waals surface area contributed by atoms with Crippen LogP contribution in [-0.4, -0.2) is 70.0 Å². The fourth-order valence-electron chi connectivity index (χ4n) is 3.11. The molecule has 2 aliphatic rings. The highest BCUT2D eigenvalue weighted by Crippen LogP contribution is 2.35. The summed E-state index contributed by atoms with van der Waals surface area (Å²) in [6.07, 6.45) is 1.32. The van der Waals surface area contributed by atoms with Crippen LogP contribution in [0.3, 0.4) is 0 Å². The zero-order valence-electron chi connectivity index (χ0n) is 12.4. The topological polar surface area (TPSA) is 56.7 Å². The summed E-state index contributed by atoms with van der Waals surface area (Å²) in [5, 5.41) is 9.25. The Labute approximate surface area is 127 Å². The summed E-state index contributed by atoms with van der Waals surface area (Å²) in [5.41, 5.74) is 1.35. The summed E-state index contributed by atoms with van der Waals surface area (Å²) in [6.45, 7) is 2.08. The van der Waals surface area contributed by atoms with Crippen LogP contribution in [0.15, 0.2) is 18.3 Å². The van der Waals surface area contributed by atoms with E-state index in [9.17, 15) is 18.7 Å². The van der Waals surface area contributed by atoms with Crippen LogP contribution in [0.2, 0.25) is 0 Å². The monoisotopic (exact) mass is 311 g/mol. The minimum atomic E-state index is -2.75. The molecule has 3 rings (SSSR count). The molecular weight excluding hydrogens is 292 g/mol. The largest absolute Gasteiger partial charge is 0.395 e. The van der Waals surface area contributed by atoms with E-state index in [2.05, 4.69) is 4.98 Å². The van der Waals surface area contributed by atoms with Gasteiger partial charge in [-0.2, -0.15) is 0 Å². The number of aromatic nitrogens is 1. The lowest BCUT2D eigenvalue weighted by atomic mass is 10.0. The van der Waals surface area contributed by atoms with Crippen LogP contribution < -0.4 is 0 Å². The quantitative estimate of drug-likeness (QED) is 0.902. The molecule has 1 amide bonds. The van der Waals surface area contributed by atoms with E-state index in [1.54, 1.807) is 22.1 Å². The molecule has 0 aromatic carbocycles. The van der Waals surface area contributed by atoms with Gasteiger partial charge in [0.1, 0.15) is 5.69 Å². The summed E-state index contributed by atoms with van der Waals surface area (Å²) in [5.74, 6) is -2.93. The Morgan fingerprint density at radius 2 is 2.18 bits per heavy atom. The molecule has 0 unspecified atom stereocenters. The minimum Gasteiger partial charge on any atom is -0.395 e. The van der Waals surface area contributed by atoms with Gasteiger partial charge in [-0.15, -0.1) is 0 Å². The first-order valence-corrected chi connectivity index (χ1v) is 7.36. The summed E-state index contributed by atoms with van der Waals surface area (Å²) in [6, 6.07) is 2.86. The Morgan fingerprint density at radius 3 is 2.77 bits per heavy atom. The average Bonchev–Trinajstić information content (AvgIpc) is 2.73. The molecule has 0 spiro atoms. The van der Waals surface area contributed by atoms with Crippen molar-refractivity contribution >= 4 is 5.91 Å². The van der Waals surface area contributed by atoms with Gasteiger partial charge in [0.15, 0.2) is 0 Å². The molecule has 1 aromatic heterocycles. The van der Waals surface area contributed by atoms with Crippen molar-refractivity contribution in [2.24, 2.45) is 0 Å². The number of carbonyl (C=O) groups is 1. The number of aliphatic hydroxyl groups is 1. The number of likely N-dealkylation sites (tertiary alicyclic amines) is 2. The van der Waals surface area contributed by atoms with Crippen LogP contribution >= 0.6 is 0 Å². The smallest absolute Gasteiger partial charge is 0.272 e. The molecular formula is C15H19F2N3O2. The van der Waals surface area contributed by atoms with Crippen molar-refractivity contribution in [3.05, 3.63) is 29.6 Å². The maximum atomic E-state index is 13.5. The van der Waals surface area contributed by atoms with E-state index >= 15 is 0 Å². The Hall–Kier alpha value is -1.60. The number of amides is 1. The predicted octanol–water partition coefficient (Wildman–Crippen LogP) is 0.916. The lowest BCUT2D eigenvalue weighted by Gasteiger charge is -2.45. The van der Waals surface area contributed by atoms with Gasteiger partial charge in [-0.05, 0) is 18.6 Å². The van der Waals surface area contributed by atoms with Crippen molar-refractivity contribution in [2.75, 3.05) is 26.2 Å². The van der Waals surface area contributed by atoms with Crippen molar-refractivity contribution in [2.45, 2.75) is 31.4 Å². The normalized spacial score (nSPS) is 25.3. The Kier molecular flexibility index (Phi) is 3.86. The van der Waals surface area contributed by atoms with Crippen LogP contribution in [0.1, 0.15) is 22.5 Å². The number of rotatable bonds is 3. The van der Waals surface area contributed by atoms with Gasteiger partial charge in [0, 0.05) is 37.8 Å². The standard InChI is InChI=1S/C15H19F2N3O2/c1-10-2-3-13(18-5-10)14(22)19-6-12(7-19)20-9-15(16,17)4-11(20)8-21/h2-3,5,11-12,21H,4,6-9H2,1H3/t11-/m0/s1. The molecule has 3 heterocycles. The third-order valence-corrected chi connectivity index (χ3v) is 4.38. The van der Waals surface area contributed by atoms with Crippen molar-refractivity contribution in [1.29, 1.82) is 0 Å². The molecule has 2 fully saturated rings. The highest BCUT2D eigenvalue weighted by atomic mass is 19.3. The zero-order chi connectivity index (χ0) is 15.9. The van der Waals surface area contributed by atoms with Crippen LogP contribution in [0.25, 0.3) is 0 Å². The molecule has 120 valence electrons. The SMILES string of the molecule is Cc1ccc(C(=O)N2CC(N3CC(F)(F)C[C@H]3CO)C2)nc1. The molecule has 1 aromatic rings. The number of nitrogens with zero attached hydrogens (tertiary/aromatic N) is 3. The highest BCUT2D eigenvalue weighted by molar-refractivity contribution is 5.92. The number of alkyl halides is 2. The molecule has 2 saturated heterocycles. The maximum Gasteiger partial charge on any atom is 0.272 e. The Morgan fingerprint density at radius 1 is 1.45 bits per heavy atom. The van der Waals surface area contributed by atoms with Crippen molar-refractivity contribution in [3.63, 3.8) is 0 Å². The second-order valence-corrected chi connectivity index (χ2v) is 6.15. The van der Waals surface area contributed by atoms with Gasteiger partial charge in [-0.25, -0.2) is 8.78 Å². The first kappa shape index (κ1) is 15.3. The van der Waals surface area contributed by atoms with Gasteiger partial charge in [0.25, 0.3) is 11.8 Å². The molecule has 0 saturated carbocycles. The van der Waals surface area contributed by atoms with Crippen molar-refractivity contribution in [1.82, 2.24) is 14.8 Å². The maximum absolute atomic E-state index is 13.5. The van der Waals surface area contributed by atoms with E-state index in [1.165, 1.54) is 0 Å². The van der Waals surface area contributed by atoms with Gasteiger partial charge in [-0.1, -0.05) is 6.07 Å². The van der Waals surface area contributed by atoms with Gasteiger partial charge in [0.2, 0.25) is 0 Å². The van der Waals surface area contributed by atoms with E-state index in [0.29, 0.717) is 18.8 Å². The second-order valence-electron chi connectivity index (χ2n) is 6.15. The molecule has 2 aliphatic heterocycles. The van der Waals surface area contributed by atoms with E-state index in [4.69, 9.17) is 0 Å². The highest BCUT2D eigenvalue weighted by Gasteiger charge is 2.50.